The van der Waals surface area contributed by atoms with Gasteiger partial charge in [0.1, 0.15) is 0 Å². The van der Waals surface area contributed by atoms with Crippen LogP contribution in [0.15, 0.2) is 11.6 Å². The van der Waals surface area contributed by atoms with Crippen molar-refractivity contribution in [2.75, 3.05) is 13.7 Å². The maximum Gasteiger partial charge on any atom is 0.342 e. The minimum atomic E-state index is -0.549. The van der Waals surface area contributed by atoms with Crippen LogP contribution in [0.4, 0.5) is 0 Å². The fraction of sp³-hybridized carbons (Fsp3) is 0.429. The highest BCUT2D eigenvalue weighted by molar-refractivity contribution is 6.05. The van der Waals surface area contributed by atoms with E-state index in [2.05, 4.69) is 4.74 Å². The number of hydrogen-bond donors (Lipinski definition) is 0. The standard InChI is InChI=1S/C7H8O4/c1-10-3-2-5-4-6(8)11-7(5)9/h2H,3-4H2,1H3. The van der Waals surface area contributed by atoms with Gasteiger partial charge in [-0.2, -0.15) is 0 Å². The van der Waals surface area contributed by atoms with Crippen LogP contribution in [0.3, 0.4) is 0 Å². The van der Waals surface area contributed by atoms with Crippen LogP contribution in [-0.2, 0) is 19.1 Å². The van der Waals surface area contributed by atoms with Gasteiger partial charge in [-0.1, -0.05) is 0 Å². The van der Waals surface area contributed by atoms with Crippen LogP contribution in [0, 0.1) is 0 Å². The molecule has 1 fully saturated rings. The largest absolute Gasteiger partial charge is 0.389 e. The first-order valence-electron chi connectivity index (χ1n) is 3.17. The third-order valence-corrected chi connectivity index (χ3v) is 1.30. The summed E-state index contributed by atoms with van der Waals surface area (Å²) in [7, 11) is 1.51. The van der Waals surface area contributed by atoms with Gasteiger partial charge in [0.25, 0.3) is 0 Å². The van der Waals surface area contributed by atoms with E-state index >= 15 is 0 Å². The predicted octanol–water partition coefficient (Wildman–Crippen LogP) is 0.0327. The first-order chi connectivity index (χ1) is 5.24. The summed E-state index contributed by atoms with van der Waals surface area (Å²) in [6.07, 6.45) is 1.62. The van der Waals surface area contributed by atoms with Gasteiger partial charge in [0.05, 0.1) is 13.0 Å². The van der Waals surface area contributed by atoms with Crippen molar-refractivity contribution in [2.45, 2.75) is 6.42 Å². The molecule has 0 atom stereocenters. The van der Waals surface area contributed by atoms with Gasteiger partial charge in [0, 0.05) is 12.7 Å². The normalized spacial score (nSPS) is 21.0. The SMILES string of the molecule is COCC=C1CC(=O)OC1=O. The monoisotopic (exact) mass is 156 g/mol. The Morgan fingerprint density at radius 1 is 1.64 bits per heavy atom. The molecule has 11 heavy (non-hydrogen) atoms. The average molecular weight is 156 g/mol. The minimum Gasteiger partial charge on any atom is -0.389 e. The summed E-state index contributed by atoms with van der Waals surface area (Å²) in [5.41, 5.74) is 0.386. The quantitative estimate of drug-likeness (QED) is 0.321. The third-order valence-electron chi connectivity index (χ3n) is 1.30. The van der Waals surface area contributed by atoms with E-state index in [0.29, 0.717) is 12.2 Å². The van der Waals surface area contributed by atoms with Crippen LogP contribution >= 0.6 is 0 Å². The molecule has 0 unspecified atom stereocenters. The fourth-order valence-corrected chi connectivity index (χ4v) is 0.772. The summed E-state index contributed by atoms with van der Waals surface area (Å²) in [6.45, 7) is 0.331. The molecule has 0 aromatic rings. The van der Waals surface area contributed by atoms with E-state index in [1.54, 1.807) is 6.08 Å². The minimum absolute atomic E-state index is 0.0716. The van der Waals surface area contributed by atoms with Crippen molar-refractivity contribution in [3.8, 4) is 0 Å². The summed E-state index contributed by atoms with van der Waals surface area (Å²) in [4.78, 5) is 21.2. The topological polar surface area (TPSA) is 52.6 Å². The molecule has 1 rings (SSSR count). The Hall–Kier alpha value is -1.16. The lowest BCUT2D eigenvalue weighted by Gasteiger charge is -1.89. The van der Waals surface area contributed by atoms with E-state index in [1.807, 2.05) is 0 Å². The smallest absolute Gasteiger partial charge is 0.342 e. The molecule has 0 bridgehead atoms. The van der Waals surface area contributed by atoms with Gasteiger partial charge >= 0.3 is 11.9 Å². The molecular weight excluding hydrogens is 148 g/mol. The molecule has 4 heteroatoms. The van der Waals surface area contributed by atoms with Gasteiger partial charge in [-0.05, 0) is 6.08 Å². The van der Waals surface area contributed by atoms with E-state index in [4.69, 9.17) is 4.74 Å². The molecule has 4 nitrogen and oxygen atoms in total. The van der Waals surface area contributed by atoms with E-state index in [-0.39, 0.29) is 6.42 Å². The van der Waals surface area contributed by atoms with Crippen LogP contribution in [0.1, 0.15) is 6.42 Å². The van der Waals surface area contributed by atoms with Crippen molar-refractivity contribution in [1.29, 1.82) is 0 Å². The Kier molecular flexibility index (Phi) is 2.38. The van der Waals surface area contributed by atoms with Gasteiger partial charge in [0.2, 0.25) is 0 Å². The second-order valence-corrected chi connectivity index (χ2v) is 2.12. The highest BCUT2D eigenvalue weighted by atomic mass is 16.6. The first-order valence-corrected chi connectivity index (χ1v) is 3.17. The summed E-state index contributed by atoms with van der Waals surface area (Å²) in [6, 6.07) is 0. The molecule has 0 spiro atoms. The van der Waals surface area contributed by atoms with E-state index < -0.39 is 11.9 Å². The van der Waals surface area contributed by atoms with E-state index in [0.717, 1.165) is 0 Å². The molecule has 1 heterocycles. The maximum atomic E-state index is 10.7. The number of methoxy groups -OCH3 is 1. The highest BCUT2D eigenvalue weighted by Crippen LogP contribution is 2.13. The first kappa shape index (κ1) is 7.94. The lowest BCUT2D eigenvalue weighted by Crippen LogP contribution is -1.97. The molecule has 0 aliphatic carbocycles. The number of hydrogen-bond acceptors (Lipinski definition) is 4. The Balaban J connectivity index is 2.59. The molecule has 0 amide bonds. The number of ether oxygens (including phenoxy) is 2. The highest BCUT2D eigenvalue weighted by Gasteiger charge is 2.26. The molecule has 0 aromatic carbocycles. The Bertz CT molecular complexity index is 216. The van der Waals surface area contributed by atoms with Crippen LogP contribution in [0.5, 0.6) is 0 Å². The zero-order valence-corrected chi connectivity index (χ0v) is 6.12. The molecule has 0 N–H and O–H groups in total. The second kappa shape index (κ2) is 3.30. The summed E-state index contributed by atoms with van der Waals surface area (Å²) in [5, 5.41) is 0. The van der Waals surface area contributed by atoms with Crippen molar-refractivity contribution in [3.63, 3.8) is 0 Å². The number of esters is 2. The Labute approximate surface area is 63.8 Å². The van der Waals surface area contributed by atoms with Crippen LogP contribution in [0.2, 0.25) is 0 Å². The van der Waals surface area contributed by atoms with Crippen molar-refractivity contribution in [1.82, 2.24) is 0 Å². The second-order valence-electron chi connectivity index (χ2n) is 2.12. The third kappa shape index (κ3) is 1.88. The maximum absolute atomic E-state index is 10.7. The zero-order valence-electron chi connectivity index (χ0n) is 6.12. The van der Waals surface area contributed by atoms with Crippen molar-refractivity contribution in [2.24, 2.45) is 0 Å². The molecular formula is C7H8O4. The molecule has 0 aromatic heterocycles. The molecule has 0 saturated carbocycles. The van der Waals surface area contributed by atoms with Crippen LogP contribution in [0.25, 0.3) is 0 Å². The lowest BCUT2D eigenvalue weighted by molar-refractivity contribution is -0.151. The Morgan fingerprint density at radius 2 is 2.36 bits per heavy atom. The fourth-order valence-electron chi connectivity index (χ4n) is 0.772. The van der Waals surface area contributed by atoms with Crippen molar-refractivity contribution >= 4 is 11.9 Å². The average Bonchev–Trinajstić information content (AvgIpc) is 2.26. The van der Waals surface area contributed by atoms with E-state index in [9.17, 15) is 9.59 Å². The molecule has 1 aliphatic rings. The Morgan fingerprint density at radius 3 is 2.82 bits per heavy atom. The number of cyclic esters (lactones) is 2. The van der Waals surface area contributed by atoms with E-state index in [1.165, 1.54) is 7.11 Å². The van der Waals surface area contributed by atoms with Gasteiger partial charge in [-0.15, -0.1) is 0 Å². The molecule has 0 radical (unpaired) electrons. The summed E-state index contributed by atoms with van der Waals surface area (Å²) in [5.74, 6) is -1.04. The van der Waals surface area contributed by atoms with Crippen LogP contribution < -0.4 is 0 Å². The van der Waals surface area contributed by atoms with Gasteiger partial charge in [-0.25, -0.2) is 4.79 Å². The number of carbonyl (C=O) groups excluding carboxylic acids is 2. The molecule has 1 aliphatic heterocycles. The van der Waals surface area contributed by atoms with Crippen LogP contribution in [-0.4, -0.2) is 25.7 Å². The van der Waals surface area contributed by atoms with Crippen molar-refractivity contribution in [3.05, 3.63) is 11.6 Å². The summed E-state index contributed by atoms with van der Waals surface area (Å²) >= 11 is 0. The molecule has 1 saturated heterocycles. The molecule has 60 valence electrons. The number of carbonyl (C=O) groups is 2. The number of rotatable bonds is 2. The zero-order chi connectivity index (χ0) is 8.27. The predicted molar refractivity (Wildman–Crippen MR) is 35.7 cm³/mol. The van der Waals surface area contributed by atoms with Crippen molar-refractivity contribution < 1.29 is 19.1 Å². The summed E-state index contributed by atoms with van der Waals surface area (Å²) < 4.78 is 8.96. The lowest BCUT2D eigenvalue weighted by atomic mass is 10.2. The van der Waals surface area contributed by atoms with Gasteiger partial charge in [0.15, 0.2) is 0 Å². The van der Waals surface area contributed by atoms with Gasteiger partial charge < -0.3 is 9.47 Å². The van der Waals surface area contributed by atoms with Gasteiger partial charge in [-0.3, -0.25) is 4.79 Å².